The van der Waals surface area contributed by atoms with Gasteiger partial charge in [0.2, 0.25) is 0 Å². The Kier molecular flexibility index (Phi) is 6.37. The second kappa shape index (κ2) is 9.32. The summed E-state index contributed by atoms with van der Waals surface area (Å²) < 4.78 is 2.29. The van der Waals surface area contributed by atoms with Gasteiger partial charge in [-0.25, -0.2) is 9.59 Å². The van der Waals surface area contributed by atoms with E-state index in [9.17, 15) is 9.59 Å². The fourth-order valence-corrected chi connectivity index (χ4v) is 3.14. The van der Waals surface area contributed by atoms with Crippen molar-refractivity contribution in [1.82, 2.24) is 9.55 Å². The molecule has 0 spiro atoms. The van der Waals surface area contributed by atoms with Crippen LogP contribution in [0.5, 0.6) is 0 Å². The first-order valence-electron chi connectivity index (χ1n) is 9.07. The van der Waals surface area contributed by atoms with E-state index >= 15 is 0 Å². The van der Waals surface area contributed by atoms with E-state index in [4.69, 9.17) is 10.2 Å². The third-order valence-electron chi connectivity index (χ3n) is 4.35. The minimum Gasteiger partial charge on any atom is -0.478 e. The molecule has 0 bridgehead atoms. The summed E-state index contributed by atoms with van der Waals surface area (Å²) in [6.07, 6.45) is 15.9. The molecule has 1 aliphatic carbocycles. The van der Waals surface area contributed by atoms with E-state index in [1.165, 1.54) is 22.0 Å². The number of nitrogens with zero attached hydrogens (tertiary/aromatic N) is 2. The summed E-state index contributed by atoms with van der Waals surface area (Å²) in [6, 6.07) is 12.7. The summed E-state index contributed by atoms with van der Waals surface area (Å²) in [5.41, 5.74) is 3.86. The largest absolute Gasteiger partial charge is 0.478 e. The Morgan fingerprint density at radius 3 is 2.31 bits per heavy atom. The average molecular weight is 388 g/mol. The van der Waals surface area contributed by atoms with Crippen molar-refractivity contribution in [2.24, 2.45) is 0 Å². The van der Waals surface area contributed by atoms with Gasteiger partial charge in [0.15, 0.2) is 0 Å². The summed E-state index contributed by atoms with van der Waals surface area (Å²) in [6.45, 7) is 0. The Morgan fingerprint density at radius 1 is 1.00 bits per heavy atom. The van der Waals surface area contributed by atoms with Crippen molar-refractivity contribution in [3.8, 4) is 5.69 Å². The number of carboxylic acid groups (broad SMARTS) is 2. The van der Waals surface area contributed by atoms with Gasteiger partial charge in [-0.1, -0.05) is 42.5 Å². The average Bonchev–Trinajstić information content (AvgIpc) is 3.14. The first-order valence-corrected chi connectivity index (χ1v) is 9.07. The van der Waals surface area contributed by atoms with Crippen molar-refractivity contribution in [3.63, 3.8) is 0 Å². The Bertz CT molecular complexity index is 1090. The third kappa shape index (κ3) is 5.07. The van der Waals surface area contributed by atoms with E-state index in [-0.39, 0.29) is 0 Å². The zero-order chi connectivity index (χ0) is 20.6. The number of allylic oxidation sites excluding steroid dienone is 4. The highest BCUT2D eigenvalue weighted by atomic mass is 16.4. The molecular formula is C23H20N2O4. The lowest BCUT2D eigenvalue weighted by atomic mass is 9.99. The monoisotopic (exact) mass is 388 g/mol. The van der Waals surface area contributed by atoms with Crippen LogP contribution in [0.1, 0.15) is 18.5 Å². The molecule has 6 heteroatoms. The van der Waals surface area contributed by atoms with Crippen LogP contribution in [0.4, 0.5) is 0 Å². The van der Waals surface area contributed by atoms with Gasteiger partial charge in [-0.2, -0.15) is 0 Å². The normalized spacial score (nSPS) is 13.0. The number of aromatic nitrogens is 2. The quantitative estimate of drug-likeness (QED) is 0.643. The van der Waals surface area contributed by atoms with Gasteiger partial charge >= 0.3 is 11.9 Å². The number of aliphatic carboxylic acids is 2. The molecule has 0 radical (unpaired) electrons. The smallest absolute Gasteiger partial charge is 0.328 e. The predicted molar refractivity (Wildman–Crippen MR) is 112 cm³/mol. The van der Waals surface area contributed by atoms with Crippen LogP contribution >= 0.6 is 0 Å². The van der Waals surface area contributed by atoms with Crippen molar-refractivity contribution in [1.29, 1.82) is 0 Å². The van der Waals surface area contributed by atoms with Gasteiger partial charge in [0.25, 0.3) is 0 Å². The van der Waals surface area contributed by atoms with Crippen molar-refractivity contribution >= 4 is 28.3 Å². The molecule has 0 aliphatic heterocycles. The van der Waals surface area contributed by atoms with Gasteiger partial charge in [-0.3, -0.25) is 4.98 Å². The molecule has 1 aliphatic rings. The fraction of sp³-hybridized carbons (Fsp3) is 0.0870. The van der Waals surface area contributed by atoms with Crippen molar-refractivity contribution in [3.05, 3.63) is 91.1 Å². The first-order chi connectivity index (χ1) is 14.1. The van der Waals surface area contributed by atoms with Crippen LogP contribution in [0.2, 0.25) is 0 Å². The molecule has 0 amide bonds. The fourth-order valence-electron chi connectivity index (χ4n) is 3.14. The minimum absolute atomic E-state index is 0.558. The van der Waals surface area contributed by atoms with E-state index < -0.39 is 11.9 Å². The number of rotatable bonds is 4. The van der Waals surface area contributed by atoms with E-state index in [2.05, 4.69) is 70.4 Å². The molecule has 2 aromatic heterocycles. The topological polar surface area (TPSA) is 92.4 Å². The molecule has 0 saturated heterocycles. The number of pyridine rings is 1. The third-order valence-corrected chi connectivity index (χ3v) is 4.35. The Labute approximate surface area is 167 Å². The molecule has 6 nitrogen and oxygen atoms in total. The maximum absolute atomic E-state index is 9.55. The predicted octanol–water partition coefficient (Wildman–Crippen LogP) is 4.47. The summed E-state index contributed by atoms with van der Waals surface area (Å²) in [4.78, 5) is 23.2. The molecule has 0 saturated carbocycles. The number of hydrogen-bond acceptors (Lipinski definition) is 3. The molecule has 3 aromatic rings. The van der Waals surface area contributed by atoms with Crippen LogP contribution in [0, 0.1) is 0 Å². The number of carboxylic acids is 2. The maximum atomic E-state index is 9.55. The van der Waals surface area contributed by atoms with E-state index in [1.807, 2.05) is 12.4 Å². The lowest BCUT2D eigenvalue weighted by Gasteiger charge is -2.14. The Balaban J connectivity index is 0.000000258. The van der Waals surface area contributed by atoms with Crippen molar-refractivity contribution in [2.75, 3.05) is 0 Å². The van der Waals surface area contributed by atoms with Crippen molar-refractivity contribution in [2.45, 2.75) is 12.8 Å². The number of fused-ring (bicyclic) bond motifs is 1. The van der Waals surface area contributed by atoms with Crippen LogP contribution in [-0.4, -0.2) is 31.7 Å². The van der Waals surface area contributed by atoms with Gasteiger partial charge < -0.3 is 14.8 Å². The zero-order valence-corrected chi connectivity index (χ0v) is 15.6. The second-order valence-electron chi connectivity index (χ2n) is 6.31. The number of benzene rings is 1. The van der Waals surface area contributed by atoms with Gasteiger partial charge in [-0.15, -0.1) is 0 Å². The molecule has 0 unspecified atom stereocenters. The summed E-state index contributed by atoms with van der Waals surface area (Å²) in [7, 11) is 0. The van der Waals surface area contributed by atoms with Crippen molar-refractivity contribution < 1.29 is 19.8 Å². The molecule has 0 atom stereocenters. The van der Waals surface area contributed by atoms with Crippen LogP contribution in [0.25, 0.3) is 22.0 Å². The molecule has 1 aromatic carbocycles. The number of carbonyl (C=O) groups is 2. The Morgan fingerprint density at radius 2 is 1.69 bits per heavy atom. The van der Waals surface area contributed by atoms with E-state index in [0.717, 1.165) is 18.5 Å². The van der Waals surface area contributed by atoms with Gasteiger partial charge in [0.05, 0.1) is 5.69 Å². The molecule has 2 heterocycles. The van der Waals surface area contributed by atoms with Crippen LogP contribution in [0.15, 0.2) is 85.4 Å². The SMILES string of the molecule is C1=CCCC(c2c3ccccc3cn2-c2ccncc2)=C1.O=C(O)C=CC(=O)O. The highest BCUT2D eigenvalue weighted by Crippen LogP contribution is 2.33. The first kappa shape index (κ1) is 19.8. The van der Waals surface area contributed by atoms with Gasteiger partial charge in [0, 0.05) is 47.2 Å². The Hall–Kier alpha value is -3.93. The summed E-state index contributed by atoms with van der Waals surface area (Å²) in [5, 5.41) is 18.2. The van der Waals surface area contributed by atoms with E-state index in [1.54, 1.807) is 0 Å². The maximum Gasteiger partial charge on any atom is 0.328 e. The lowest BCUT2D eigenvalue weighted by Crippen LogP contribution is -2.00. The zero-order valence-electron chi connectivity index (χ0n) is 15.6. The van der Waals surface area contributed by atoms with Crippen LogP contribution in [0.3, 0.4) is 0 Å². The molecular weight excluding hydrogens is 368 g/mol. The minimum atomic E-state index is -1.26. The van der Waals surface area contributed by atoms with Crippen LogP contribution in [-0.2, 0) is 9.59 Å². The highest BCUT2D eigenvalue weighted by molar-refractivity contribution is 5.95. The molecule has 29 heavy (non-hydrogen) atoms. The number of hydrogen-bond donors (Lipinski definition) is 2. The highest BCUT2D eigenvalue weighted by Gasteiger charge is 2.15. The van der Waals surface area contributed by atoms with Gasteiger partial charge in [0.1, 0.15) is 0 Å². The lowest BCUT2D eigenvalue weighted by molar-refractivity contribution is -0.134. The molecule has 0 fully saturated rings. The van der Waals surface area contributed by atoms with E-state index in [0.29, 0.717) is 12.2 Å². The summed E-state index contributed by atoms with van der Waals surface area (Å²) >= 11 is 0. The van der Waals surface area contributed by atoms with Crippen LogP contribution < -0.4 is 0 Å². The van der Waals surface area contributed by atoms with Gasteiger partial charge in [-0.05, 0) is 30.5 Å². The molecule has 146 valence electrons. The standard InChI is InChI=1S/C19H16N2.C4H4O4/c1-2-6-15(7-3-1)19-18-9-5-4-8-16(18)14-21(19)17-10-12-20-13-11-17;5-3(6)1-2-4(7)8/h1-2,4-6,8-14H,3,7H2;1-2H,(H,5,6)(H,7,8). The summed E-state index contributed by atoms with van der Waals surface area (Å²) in [5.74, 6) is -2.51. The molecule has 4 rings (SSSR count). The second-order valence-corrected chi connectivity index (χ2v) is 6.31. The molecule has 2 N–H and O–H groups in total.